The fraction of sp³-hybridized carbons (Fsp3) is 0.474. The van der Waals surface area contributed by atoms with Gasteiger partial charge in [0.25, 0.3) is 0 Å². The molecule has 0 spiro atoms. The Labute approximate surface area is 122 Å². The van der Waals surface area contributed by atoms with Crippen LogP contribution in [-0.2, 0) is 6.42 Å². The van der Waals surface area contributed by atoms with E-state index in [1.54, 1.807) is 0 Å². The van der Waals surface area contributed by atoms with Gasteiger partial charge in [-0.1, -0.05) is 62.2 Å². The van der Waals surface area contributed by atoms with Crippen molar-refractivity contribution in [1.82, 2.24) is 5.32 Å². The summed E-state index contributed by atoms with van der Waals surface area (Å²) < 4.78 is 0. The standard InChI is InChI=1S/C19H25N/c1-2-19(13-6-3-7-14-20-19)15-17-11-8-10-16-9-4-5-12-18(16)17/h4-5,8-12,20H,2-3,6-7,13-15H2,1H3. The van der Waals surface area contributed by atoms with Crippen LogP contribution in [0.5, 0.6) is 0 Å². The lowest BCUT2D eigenvalue weighted by Crippen LogP contribution is -2.46. The van der Waals surface area contributed by atoms with E-state index in [4.69, 9.17) is 0 Å². The number of benzene rings is 2. The summed E-state index contributed by atoms with van der Waals surface area (Å²) in [5.41, 5.74) is 1.81. The van der Waals surface area contributed by atoms with Gasteiger partial charge in [0.05, 0.1) is 0 Å². The number of hydrogen-bond acceptors (Lipinski definition) is 1. The lowest BCUT2D eigenvalue weighted by atomic mass is 9.83. The highest BCUT2D eigenvalue weighted by Crippen LogP contribution is 2.29. The summed E-state index contributed by atoms with van der Waals surface area (Å²) in [5, 5.41) is 6.65. The van der Waals surface area contributed by atoms with Crippen molar-refractivity contribution in [3.05, 3.63) is 48.0 Å². The van der Waals surface area contributed by atoms with E-state index in [2.05, 4.69) is 54.7 Å². The maximum absolute atomic E-state index is 3.86. The van der Waals surface area contributed by atoms with Crippen molar-refractivity contribution in [3.8, 4) is 0 Å². The van der Waals surface area contributed by atoms with Crippen LogP contribution in [0.3, 0.4) is 0 Å². The molecule has 0 aromatic heterocycles. The van der Waals surface area contributed by atoms with Gasteiger partial charge >= 0.3 is 0 Å². The van der Waals surface area contributed by atoms with E-state index in [0.29, 0.717) is 5.54 Å². The molecule has 0 aliphatic carbocycles. The first-order chi connectivity index (χ1) is 9.83. The van der Waals surface area contributed by atoms with Crippen LogP contribution in [0, 0.1) is 0 Å². The number of fused-ring (bicyclic) bond motifs is 1. The minimum Gasteiger partial charge on any atom is -0.311 e. The van der Waals surface area contributed by atoms with Crippen molar-refractivity contribution < 1.29 is 0 Å². The second-order valence-electron chi connectivity index (χ2n) is 6.19. The Balaban J connectivity index is 1.94. The molecule has 1 unspecified atom stereocenters. The zero-order valence-electron chi connectivity index (χ0n) is 12.5. The summed E-state index contributed by atoms with van der Waals surface area (Å²) in [4.78, 5) is 0. The summed E-state index contributed by atoms with van der Waals surface area (Å²) in [6, 6.07) is 15.5. The van der Waals surface area contributed by atoms with Crippen molar-refractivity contribution in [2.75, 3.05) is 6.54 Å². The Kier molecular flexibility index (Phi) is 4.07. The van der Waals surface area contributed by atoms with Crippen molar-refractivity contribution in [2.24, 2.45) is 0 Å². The van der Waals surface area contributed by atoms with Crippen LogP contribution >= 0.6 is 0 Å². The molecule has 0 saturated carbocycles. The average molecular weight is 267 g/mol. The third kappa shape index (κ3) is 2.73. The molecule has 2 aromatic rings. The van der Waals surface area contributed by atoms with Gasteiger partial charge in [0, 0.05) is 5.54 Å². The lowest BCUT2D eigenvalue weighted by molar-refractivity contribution is 0.303. The van der Waals surface area contributed by atoms with Crippen molar-refractivity contribution >= 4 is 10.8 Å². The largest absolute Gasteiger partial charge is 0.311 e. The molecule has 0 bridgehead atoms. The SMILES string of the molecule is CCC1(Cc2cccc3ccccc23)CCCCCN1. The van der Waals surface area contributed by atoms with Crippen molar-refractivity contribution in [3.63, 3.8) is 0 Å². The van der Waals surface area contributed by atoms with Gasteiger partial charge in [0.15, 0.2) is 0 Å². The van der Waals surface area contributed by atoms with Gasteiger partial charge in [-0.25, -0.2) is 0 Å². The molecule has 0 radical (unpaired) electrons. The van der Waals surface area contributed by atoms with Gasteiger partial charge in [0.2, 0.25) is 0 Å². The Morgan fingerprint density at radius 1 is 1.00 bits per heavy atom. The first-order valence-corrected chi connectivity index (χ1v) is 8.05. The minimum absolute atomic E-state index is 0.306. The maximum atomic E-state index is 3.86. The molecule has 2 aromatic carbocycles. The molecular formula is C19H25N. The van der Waals surface area contributed by atoms with Crippen LogP contribution in [0.1, 0.15) is 44.6 Å². The molecule has 1 saturated heterocycles. The topological polar surface area (TPSA) is 12.0 Å². The van der Waals surface area contributed by atoms with Crippen LogP contribution in [0.25, 0.3) is 10.8 Å². The molecule has 0 amide bonds. The monoisotopic (exact) mass is 267 g/mol. The molecule has 3 rings (SSSR count). The normalized spacial score (nSPS) is 23.6. The van der Waals surface area contributed by atoms with Gasteiger partial charge in [-0.3, -0.25) is 0 Å². The van der Waals surface area contributed by atoms with Crippen LogP contribution < -0.4 is 5.32 Å². The van der Waals surface area contributed by atoms with Crippen molar-refractivity contribution in [1.29, 1.82) is 0 Å². The molecule has 1 aliphatic rings. The van der Waals surface area contributed by atoms with Crippen LogP contribution in [0.2, 0.25) is 0 Å². The van der Waals surface area contributed by atoms with Gasteiger partial charge < -0.3 is 5.32 Å². The van der Waals surface area contributed by atoms with E-state index >= 15 is 0 Å². The summed E-state index contributed by atoms with van der Waals surface area (Å²) in [7, 11) is 0. The van der Waals surface area contributed by atoms with Gasteiger partial charge in [-0.05, 0) is 48.6 Å². The molecule has 106 valence electrons. The van der Waals surface area contributed by atoms with E-state index in [1.807, 2.05) is 0 Å². The first-order valence-electron chi connectivity index (χ1n) is 8.05. The summed E-state index contributed by atoms with van der Waals surface area (Å²) >= 11 is 0. The smallest absolute Gasteiger partial charge is 0.0219 e. The van der Waals surface area contributed by atoms with E-state index in [9.17, 15) is 0 Å². The Morgan fingerprint density at radius 2 is 1.85 bits per heavy atom. The molecule has 1 atom stereocenters. The average Bonchev–Trinajstić information content (AvgIpc) is 2.74. The molecule has 1 fully saturated rings. The number of rotatable bonds is 3. The van der Waals surface area contributed by atoms with E-state index in [-0.39, 0.29) is 0 Å². The van der Waals surface area contributed by atoms with Crippen LogP contribution in [-0.4, -0.2) is 12.1 Å². The molecule has 1 aliphatic heterocycles. The highest BCUT2D eigenvalue weighted by atomic mass is 15.0. The Hall–Kier alpha value is -1.34. The third-order valence-corrected chi connectivity index (χ3v) is 4.92. The molecular weight excluding hydrogens is 242 g/mol. The number of nitrogens with one attached hydrogen (secondary N) is 1. The third-order valence-electron chi connectivity index (χ3n) is 4.92. The minimum atomic E-state index is 0.306. The van der Waals surface area contributed by atoms with Gasteiger partial charge in [-0.2, -0.15) is 0 Å². The van der Waals surface area contributed by atoms with E-state index in [1.165, 1.54) is 55.0 Å². The predicted molar refractivity (Wildman–Crippen MR) is 87.1 cm³/mol. The maximum Gasteiger partial charge on any atom is 0.0219 e. The second kappa shape index (κ2) is 5.97. The van der Waals surface area contributed by atoms with Gasteiger partial charge in [0.1, 0.15) is 0 Å². The van der Waals surface area contributed by atoms with Crippen LogP contribution in [0.4, 0.5) is 0 Å². The van der Waals surface area contributed by atoms with E-state index in [0.717, 1.165) is 6.42 Å². The Morgan fingerprint density at radius 3 is 2.75 bits per heavy atom. The quantitative estimate of drug-likeness (QED) is 0.850. The molecule has 1 nitrogen and oxygen atoms in total. The molecule has 20 heavy (non-hydrogen) atoms. The molecule has 1 heteroatoms. The van der Waals surface area contributed by atoms with Crippen molar-refractivity contribution in [2.45, 2.75) is 51.0 Å². The first kappa shape index (κ1) is 13.6. The molecule has 1 heterocycles. The lowest BCUT2D eigenvalue weighted by Gasteiger charge is -2.33. The predicted octanol–water partition coefficient (Wildman–Crippen LogP) is 4.69. The van der Waals surface area contributed by atoms with E-state index < -0.39 is 0 Å². The second-order valence-corrected chi connectivity index (χ2v) is 6.19. The summed E-state index contributed by atoms with van der Waals surface area (Å²) in [5.74, 6) is 0. The Bertz CT molecular complexity index is 559. The zero-order valence-corrected chi connectivity index (χ0v) is 12.5. The summed E-state index contributed by atoms with van der Waals surface area (Å²) in [6.07, 6.45) is 7.76. The fourth-order valence-electron chi connectivity index (χ4n) is 3.60. The highest BCUT2D eigenvalue weighted by Gasteiger charge is 2.29. The highest BCUT2D eigenvalue weighted by molar-refractivity contribution is 5.85. The fourth-order valence-corrected chi connectivity index (χ4v) is 3.60. The number of hydrogen-bond donors (Lipinski definition) is 1. The zero-order chi connectivity index (χ0) is 13.8. The van der Waals surface area contributed by atoms with Crippen LogP contribution in [0.15, 0.2) is 42.5 Å². The van der Waals surface area contributed by atoms with Gasteiger partial charge in [-0.15, -0.1) is 0 Å². The summed E-state index contributed by atoms with van der Waals surface area (Å²) in [6.45, 7) is 3.52. The molecule has 1 N–H and O–H groups in total.